The zero-order chi connectivity index (χ0) is 20.1. The van der Waals surface area contributed by atoms with Gasteiger partial charge in [-0.2, -0.15) is 0 Å². The number of benzene rings is 3. The molecule has 142 valence electrons. The monoisotopic (exact) mass is 376 g/mol. The Morgan fingerprint density at radius 2 is 1.00 bits per heavy atom. The van der Waals surface area contributed by atoms with Crippen LogP contribution in [0.3, 0.4) is 0 Å². The first-order valence-corrected chi connectivity index (χ1v) is 8.87. The highest BCUT2D eigenvalue weighted by atomic mass is 16.3. The predicted molar refractivity (Wildman–Crippen MR) is 105 cm³/mol. The van der Waals surface area contributed by atoms with Crippen molar-refractivity contribution in [3.8, 4) is 17.2 Å². The standard InChI is InChI=1S/C23H20O5/c24-19-10-4-1-7-16(19)15(13-22(27)17-8-2-5-11-20(17)25)14-23(28)18-9-3-6-12-21(18)26/h1-12,15,24-26H,13-14H2. The van der Waals surface area contributed by atoms with Crippen LogP contribution in [0.1, 0.15) is 45.0 Å². The molecule has 5 nitrogen and oxygen atoms in total. The van der Waals surface area contributed by atoms with E-state index in [-0.39, 0.29) is 52.8 Å². The van der Waals surface area contributed by atoms with Crippen LogP contribution < -0.4 is 0 Å². The summed E-state index contributed by atoms with van der Waals surface area (Å²) in [6.07, 6.45) is -0.150. The van der Waals surface area contributed by atoms with Gasteiger partial charge in [0.1, 0.15) is 17.2 Å². The van der Waals surface area contributed by atoms with Crippen LogP contribution in [0.25, 0.3) is 0 Å². The average Bonchev–Trinajstić information content (AvgIpc) is 2.68. The molecular formula is C23H20O5. The molecule has 0 unspecified atom stereocenters. The first-order chi connectivity index (χ1) is 13.5. The molecule has 0 spiro atoms. The van der Waals surface area contributed by atoms with E-state index in [0.717, 1.165) is 0 Å². The van der Waals surface area contributed by atoms with E-state index in [1.54, 1.807) is 42.5 Å². The maximum absolute atomic E-state index is 12.7. The summed E-state index contributed by atoms with van der Waals surface area (Å²) in [5.74, 6) is -1.55. The van der Waals surface area contributed by atoms with Crippen molar-refractivity contribution in [2.75, 3.05) is 0 Å². The number of Topliss-reactive ketones (excluding diaryl/α,β-unsaturated/α-hetero) is 2. The van der Waals surface area contributed by atoms with Gasteiger partial charge in [0.05, 0.1) is 11.1 Å². The van der Waals surface area contributed by atoms with Gasteiger partial charge in [0.2, 0.25) is 0 Å². The van der Waals surface area contributed by atoms with Gasteiger partial charge < -0.3 is 15.3 Å². The van der Waals surface area contributed by atoms with Gasteiger partial charge in [0.15, 0.2) is 11.6 Å². The van der Waals surface area contributed by atoms with Crippen molar-refractivity contribution < 1.29 is 24.9 Å². The molecule has 3 rings (SSSR count). The van der Waals surface area contributed by atoms with Crippen molar-refractivity contribution in [1.82, 2.24) is 0 Å². The SMILES string of the molecule is O=C(CC(CC(=O)c1ccccc1O)c1ccccc1O)c1ccccc1O. The Morgan fingerprint density at radius 3 is 1.43 bits per heavy atom. The minimum Gasteiger partial charge on any atom is -0.508 e. The lowest BCUT2D eigenvalue weighted by atomic mass is 9.85. The summed E-state index contributed by atoms with van der Waals surface area (Å²) >= 11 is 0. The van der Waals surface area contributed by atoms with Gasteiger partial charge in [-0.15, -0.1) is 0 Å². The Kier molecular flexibility index (Phi) is 5.75. The molecule has 0 fully saturated rings. The van der Waals surface area contributed by atoms with E-state index in [0.29, 0.717) is 5.56 Å². The topological polar surface area (TPSA) is 94.8 Å². The highest BCUT2D eigenvalue weighted by molar-refractivity contribution is 6.01. The number of hydrogen-bond donors (Lipinski definition) is 3. The molecule has 0 aliphatic heterocycles. The summed E-state index contributed by atoms with van der Waals surface area (Å²) in [6, 6.07) is 19.0. The molecule has 3 aromatic rings. The highest BCUT2D eigenvalue weighted by Gasteiger charge is 2.25. The van der Waals surface area contributed by atoms with Crippen LogP contribution in [-0.4, -0.2) is 26.9 Å². The Bertz CT molecular complexity index is 950. The third-order valence-electron chi connectivity index (χ3n) is 4.65. The van der Waals surface area contributed by atoms with E-state index in [2.05, 4.69) is 0 Å². The maximum Gasteiger partial charge on any atom is 0.167 e. The predicted octanol–water partition coefficient (Wildman–Crippen LogP) is 4.43. The average molecular weight is 376 g/mol. The van der Waals surface area contributed by atoms with Crippen molar-refractivity contribution >= 4 is 11.6 Å². The summed E-state index contributed by atoms with van der Waals surface area (Å²) in [5, 5.41) is 30.1. The third-order valence-corrected chi connectivity index (χ3v) is 4.65. The molecule has 0 atom stereocenters. The molecular weight excluding hydrogens is 356 g/mol. The van der Waals surface area contributed by atoms with Crippen LogP contribution in [0.4, 0.5) is 0 Å². The van der Waals surface area contributed by atoms with Crippen LogP contribution in [0.5, 0.6) is 17.2 Å². The second-order valence-corrected chi connectivity index (χ2v) is 6.54. The van der Waals surface area contributed by atoms with Gasteiger partial charge >= 0.3 is 0 Å². The zero-order valence-corrected chi connectivity index (χ0v) is 15.1. The number of hydrogen-bond acceptors (Lipinski definition) is 5. The minimum atomic E-state index is -0.611. The number of phenolic OH excluding ortho intramolecular Hbond substituents is 3. The fourth-order valence-electron chi connectivity index (χ4n) is 3.21. The van der Waals surface area contributed by atoms with Crippen LogP contribution >= 0.6 is 0 Å². The maximum atomic E-state index is 12.7. The molecule has 0 aliphatic carbocycles. The van der Waals surface area contributed by atoms with Gasteiger partial charge in [0.25, 0.3) is 0 Å². The number of carbonyl (C=O) groups excluding carboxylic acids is 2. The number of phenols is 3. The second kappa shape index (κ2) is 8.39. The Hall–Kier alpha value is -3.60. The molecule has 0 saturated heterocycles. The third kappa shape index (κ3) is 4.20. The van der Waals surface area contributed by atoms with Crippen LogP contribution in [-0.2, 0) is 0 Å². The number of carbonyl (C=O) groups is 2. The van der Waals surface area contributed by atoms with E-state index >= 15 is 0 Å². The lowest BCUT2D eigenvalue weighted by Gasteiger charge is -2.18. The highest BCUT2D eigenvalue weighted by Crippen LogP contribution is 2.34. The van der Waals surface area contributed by atoms with Crippen LogP contribution in [0, 0.1) is 0 Å². The zero-order valence-electron chi connectivity index (χ0n) is 15.1. The Balaban J connectivity index is 1.91. The van der Waals surface area contributed by atoms with E-state index in [1.165, 1.54) is 30.3 Å². The molecule has 3 aromatic carbocycles. The fourth-order valence-corrected chi connectivity index (χ4v) is 3.21. The normalized spacial score (nSPS) is 10.8. The molecule has 28 heavy (non-hydrogen) atoms. The summed E-state index contributed by atoms with van der Waals surface area (Å²) in [7, 11) is 0. The largest absolute Gasteiger partial charge is 0.508 e. The molecule has 0 heterocycles. The van der Waals surface area contributed by atoms with E-state index in [4.69, 9.17) is 0 Å². The van der Waals surface area contributed by atoms with E-state index in [9.17, 15) is 24.9 Å². The molecule has 3 N–H and O–H groups in total. The number of rotatable bonds is 7. The molecule has 5 heteroatoms. The van der Waals surface area contributed by atoms with Crippen molar-refractivity contribution in [3.05, 3.63) is 89.5 Å². The molecule has 0 amide bonds. The molecule has 0 aliphatic rings. The smallest absolute Gasteiger partial charge is 0.167 e. The van der Waals surface area contributed by atoms with Crippen molar-refractivity contribution in [2.24, 2.45) is 0 Å². The van der Waals surface area contributed by atoms with Crippen LogP contribution in [0.2, 0.25) is 0 Å². The molecule has 0 saturated carbocycles. The number of aromatic hydroxyl groups is 3. The summed E-state index contributed by atoms with van der Waals surface area (Å²) < 4.78 is 0. The van der Waals surface area contributed by atoms with Gasteiger partial charge in [-0.1, -0.05) is 42.5 Å². The second-order valence-electron chi connectivity index (χ2n) is 6.54. The Labute approximate surface area is 162 Å². The van der Waals surface area contributed by atoms with Crippen molar-refractivity contribution in [2.45, 2.75) is 18.8 Å². The van der Waals surface area contributed by atoms with Gasteiger partial charge in [0, 0.05) is 18.8 Å². The molecule has 0 radical (unpaired) electrons. The molecule has 0 bridgehead atoms. The fraction of sp³-hybridized carbons (Fsp3) is 0.130. The summed E-state index contributed by atoms with van der Waals surface area (Å²) in [4.78, 5) is 25.5. The van der Waals surface area contributed by atoms with Gasteiger partial charge in [-0.3, -0.25) is 9.59 Å². The van der Waals surface area contributed by atoms with Crippen molar-refractivity contribution in [1.29, 1.82) is 0 Å². The summed E-state index contributed by atoms with van der Waals surface area (Å²) in [5.41, 5.74) is 0.797. The van der Waals surface area contributed by atoms with E-state index in [1.807, 2.05) is 0 Å². The summed E-state index contributed by atoms with van der Waals surface area (Å²) in [6.45, 7) is 0. The number of para-hydroxylation sites is 3. The minimum absolute atomic E-state index is 0.0114. The number of ketones is 2. The Morgan fingerprint density at radius 1 is 0.607 bits per heavy atom. The van der Waals surface area contributed by atoms with Crippen molar-refractivity contribution in [3.63, 3.8) is 0 Å². The van der Waals surface area contributed by atoms with E-state index < -0.39 is 5.92 Å². The van der Waals surface area contributed by atoms with Gasteiger partial charge in [-0.05, 0) is 35.9 Å². The lowest BCUT2D eigenvalue weighted by Crippen LogP contribution is -2.13. The quantitative estimate of drug-likeness (QED) is 0.530. The molecule has 0 aromatic heterocycles. The lowest BCUT2D eigenvalue weighted by molar-refractivity contribution is 0.0942. The first-order valence-electron chi connectivity index (χ1n) is 8.87. The first kappa shape index (κ1) is 19.2. The van der Waals surface area contributed by atoms with Crippen LogP contribution in [0.15, 0.2) is 72.8 Å². The van der Waals surface area contributed by atoms with Gasteiger partial charge in [-0.25, -0.2) is 0 Å².